The minimum Gasteiger partial charge on any atom is -0.508 e. The Kier molecular flexibility index (Phi) is 6.79. The monoisotopic (exact) mass is 450 g/mol. The standard InChI is InChI=1S/C22H26O10/c23-9-15-17(25)18(26)19(27)22(31-15)32-21-16-11(7-8-29-21)1-2-13(16)10-30-20(28)12-3-5-14(24)6-4-12/h2-8,11,15-19,21-27H,1,9-10H2/t11-,15+,16+,17+,18-,19+,21+,22-/m0/s1. The third-order valence-electron chi connectivity index (χ3n) is 5.96. The van der Waals surface area contributed by atoms with E-state index < -0.39 is 49.6 Å². The van der Waals surface area contributed by atoms with Gasteiger partial charge in [-0.2, -0.15) is 0 Å². The van der Waals surface area contributed by atoms with E-state index in [1.54, 1.807) is 0 Å². The molecule has 8 atom stereocenters. The van der Waals surface area contributed by atoms with Gasteiger partial charge >= 0.3 is 5.97 Å². The highest BCUT2D eigenvalue weighted by molar-refractivity contribution is 5.89. The van der Waals surface area contributed by atoms with E-state index in [-0.39, 0.29) is 24.2 Å². The lowest BCUT2D eigenvalue weighted by Gasteiger charge is -2.42. The molecule has 4 rings (SSSR count). The summed E-state index contributed by atoms with van der Waals surface area (Å²) in [6.07, 6.45) is -2.01. The summed E-state index contributed by atoms with van der Waals surface area (Å²) in [6.45, 7) is -0.576. The predicted molar refractivity (Wildman–Crippen MR) is 107 cm³/mol. The van der Waals surface area contributed by atoms with Crippen molar-refractivity contribution < 1.29 is 49.3 Å². The molecule has 2 heterocycles. The fraction of sp³-hybridized carbons (Fsp3) is 0.500. The van der Waals surface area contributed by atoms with Gasteiger partial charge in [0.05, 0.1) is 24.4 Å². The van der Waals surface area contributed by atoms with Crippen LogP contribution in [0.2, 0.25) is 0 Å². The predicted octanol–water partition coefficient (Wildman–Crippen LogP) is -0.202. The second-order valence-corrected chi connectivity index (χ2v) is 7.99. The highest BCUT2D eigenvalue weighted by atomic mass is 16.8. The molecule has 1 aromatic rings. The summed E-state index contributed by atoms with van der Waals surface area (Å²) in [7, 11) is 0. The van der Waals surface area contributed by atoms with Gasteiger partial charge in [0.2, 0.25) is 6.29 Å². The van der Waals surface area contributed by atoms with Crippen LogP contribution in [0.1, 0.15) is 16.8 Å². The van der Waals surface area contributed by atoms with E-state index in [9.17, 15) is 30.3 Å². The Morgan fingerprint density at radius 1 is 1.06 bits per heavy atom. The van der Waals surface area contributed by atoms with Crippen LogP contribution in [0.3, 0.4) is 0 Å². The molecule has 32 heavy (non-hydrogen) atoms. The normalized spacial score (nSPS) is 36.2. The first kappa shape index (κ1) is 22.7. The van der Waals surface area contributed by atoms with Gasteiger partial charge in [0.1, 0.15) is 36.8 Å². The van der Waals surface area contributed by atoms with Gasteiger partial charge in [-0.1, -0.05) is 6.08 Å². The Hall–Kier alpha value is -2.47. The van der Waals surface area contributed by atoms with Crippen molar-refractivity contribution in [2.45, 2.75) is 43.4 Å². The first-order chi connectivity index (χ1) is 15.4. The van der Waals surface area contributed by atoms with Gasteiger partial charge in [-0.3, -0.25) is 0 Å². The van der Waals surface area contributed by atoms with Crippen LogP contribution >= 0.6 is 0 Å². The van der Waals surface area contributed by atoms with E-state index in [2.05, 4.69) is 0 Å². The molecule has 1 aromatic carbocycles. The lowest BCUT2D eigenvalue weighted by Crippen LogP contribution is -2.60. The Morgan fingerprint density at radius 2 is 1.81 bits per heavy atom. The molecular formula is C22H26O10. The van der Waals surface area contributed by atoms with Crippen LogP contribution in [0.5, 0.6) is 5.75 Å². The van der Waals surface area contributed by atoms with Crippen LogP contribution in [-0.4, -0.2) is 81.7 Å². The summed E-state index contributed by atoms with van der Waals surface area (Å²) < 4.78 is 22.2. The number of aliphatic hydroxyl groups is 4. The Morgan fingerprint density at radius 3 is 2.53 bits per heavy atom. The van der Waals surface area contributed by atoms with Gasteiger partial charge in [0.15, 0.2) is 6.29 Å². The van der Waals surface area contributed by atoms with Crippen LogP contribution in [0.15, 0.2) is 48.3 Å². The Balaban J connectivity index is 1.42. The molecule has 0 bridgehead atoms. The number of hydrogen-bond acceptors (Lipinski definition) is 10. The molecule has 1 saturated heterocycles. The number of allylic oxidation sites excluding steroid dienone is 2. The number of carbonyl (C=O) groups excluding carboxylic acids is 1. The zero-order chi connectivity index (χ0) is 22.8. The van der Waals surface area contributed by atoms with Gasteiger partial charge in [0.25, 0.3) is 0 Å². The van der Waals surface area contributed by atoms with Crippen molar-refractivity contribution in [3.8, 4) is 5.75 Å². The van der Waals surface area contributed by atoms with Crippen molar-refractivity contribution in [3.05, 3.63) is 53.8 Å². The maximum absolute atomic E-state index is 12.3. The van der Waals surface area contributed by atoms with Crippen LogP contribution in [-0.2, 0) is 18.9 Å². The van der Waals surface area contributed by atoms with Gasteiger partial charge in [-0.05, 0) is 48.3 Å². The number of phenolic OH excluding ortho intramolecular Hbond substituents is 1. The first-order valence-corrected chi connectivity index (χ1v) is 10.3. The molecule has 3 aliphatic rings. The average Bonchev–Trinajstić information content (AvgIpc) is 3.22. The zero-order valence-electron chi connectivity index (χ0n) is 17.1. The molecule has 0 spiro atoms. The minimum atomic E-state index is -1.56. The molecule has 1 aliphatic carbocycles. The third kappa shape index (κ3) is 4.51. The molecule has 0 saturated carbocycles. The molecule has 174 valence electrons. The van der Waals surface area contributed by atoms with Gasteiger partial charge < -0.3 is 44.5 Å². The molecular weight excluding hydrogens is 424 g/mol. The van der Waals surface area contributed by atoms with Crippen LogP contribution in [0.4, 0.5) is 0 Å². The molecule has 0 unspecified atom stereocenters. The number of rotatable bonds is 6. The number of carbonyl (C=O) groups is 1. The summed E-state index contributed by atoms with van der Waals surface area (Å²) >= 11 is 0. The first-order valence-electron chi connectivity index (χ1n) is 10.3. The van der Waals surface area contributed by atoms with E-state index in [0.717, 1.165) is 5.57 Å². The molecule has 5 N–H and O–H groups in total. The number of ether oxygens (including phenoxy) is 4. The van der Waals surface area contributed by atoms with E-state index in [4.69, 9.17) is 18.9 Å². The number of aromatic hydroxyl groups is 1. The zero-order valence-corrected chi connectivity index (χ0v) is 17.1. The Bertz CT molecular complexity index is 864. The minimum absolute atomic E-state index is 0.00732. The summed E-state index contributed by atoms with van der Waals surface area (Å²) in [5, 5.41) is 48.9. The van der Waals surface area contributed by atoms with Crippen molar-refractivity contribution in [3.63, 3.8) is 0 Å². The quantitative estimate of drug-likeness (QED) is 0.291. The number of phenols is 1. The van der Waals surface area contributed by atoms with E-state index in [1.807, 2.05) is 12.2 Å². The van der Waals surface area contributed by atoms with Crippen molar-refractivity contribution in [1.29, 1.82) is 0 Å². The van der Waals surface area contributed by atoms with E-state index in [0.29, 0.717) is 12.0 Å². The summed E-state index contributed by atoms with van der Waals surface area (Å²) in [4.78, 5) is 12.3. The molecule has 10 heteroatoms. The summed E-state index contributed by atoms with van der Waals surface area (Å²) in [5.41, 5.74) is 1.06. The molecule has 0 amide bonds. The largest absolute Gasteiger partial charge is 0.508 e. The van der Waals surface area contributed by atoms with Crippen molar-refractivity contribution >= 4 is 5.97 Å². The van der Waals surface area contributed by atoms with Crippen LogP contribution in [0, 0.1) is 11.8 Å². The third-order valence-corrected chi connectivity index (χ3v) is 5.96. The number of benzene rings is 1. The maximum Gasteiger partial charge on any atom is 0.338 e. The molecule has 1 fully saturated rings. The van der Waals surface area contributed by atoms with Crippen LogP contribution < -0.4 is 0 Å². The maximum atomic E-state index is 12.3. The second kappa shape index (κ2) is 9.57. The number of esters is 1. The topological polar surface area (TPSA) is 155 Å². The highest BCUT2D eigenvalue weighted by Crippen LogP contribution is 2.41. The second-order valence-electron chi connectivity index (χ2n) is 7.99. The fourth-order valence-corrected chi connectivity index (χ4v) is 4.14. The van der Waals surface area contributed by atoms with E-state index >= 15 is 0 Å². The lowest BCUT2D eigenvalue weighted by molar-refractivity contribution is -0.339. The van der Waals surface area contributed by atoms with Crippen molar-refractivity contribution in [2.24, 2.45) is 11.8 Å². The molecule has 10 nitrogen and oxygen atoms in total. The van der Waals surface area contributed by atoms with Crippen molar-refractivity contribution in [2.75, 3.05) is 13.2 Å². The van der Waals surface area contributed by atoms with Gasteiger partial charge in [-0.25, -0.2) is 4.79 Å². The van der Waals surface area contributed by atoms with Crippen molar-refractivity contribution in [1.82, 2.24) is 0 Å². The highest BCUT2D eigenvalue weighted by Gasteiger charge is 2.47. The van der Waals surface area contributed by atoms with Gasteiger partial charge in [-0.15, -0.1) is 0 Å². The SMILES string of the molecule is O=C(OCC1=CC[C@H]2C=CO[C@H](O[C@@H]3O[C@H](CO)[C@@H](O)[C@H](O)[C@H]3O)[C@@H]12)c1ccc(O)cc1. The Labute approximate surface area is 183 Å². The van der Waals surface area contributed by atoms with Gasteiger partial charge in [0, 0.05) is 0 Å². The molecule has 2 aliphatic heterocycles. The summed E-state index contributed by atoms with van der Waals surface area (Å²) in [5.74, 6) is -0.823. The smallest absolute Gasteiger partial charge is 0.338 e. The lowest BCUT2D eigenvalue weighted by atomic mass is 9.89. The van der Waals surface area contributed by atoms with Crippen LogP contribution in [0.25, 0.3) is 0 Å². The average molecular weight is 450 g/mol. The number of fused-ring (bicyclic) bond motifs is 1. The fourth-order valence-electron chi connectivity index (χ4n) is 4.14. The molecule has 0 aromatic heterocycles. The number of hydrogen-bond donors (Lipinski definition) is 5. The summed E-state index contributed by atoms with van der Waals surface area (Å²) in [6, 6.07) is 5.71. The van der Waals surface area contributed by atoms with E-state index in [1.165, 1.54) is 30.5 Å². The number of aliphatic hydroxyl groups excluding tert-OH is 4. The molecule has 0 radical (unpaired) electrons.